The molecule has 0 saturated heterocycles. The fourth-order valence-electron chi connectivity index (χ4n) is 1.30. The second-order valence-electron chi connectivity index (χ2n) is 3.43. The summed E-state index contributed by atoms with van der Waals surface area (Å²) in [6.45, 7) is 3.34. The Morgan fingerprint density at radius 3 is 2.73 bits per heavy atom. The normalized spacial score (nSPS) is 13.1. The quantitative estimate of drug-likeness (QED) is 0.787. The molecule has 0 spiro atoms. The summed E-state index contributed by atoms with van der Waals surface area (Å²) in [4.78, 5) is 0. The fraction of sp³-hybridized carbons (Fsp3) is 0.667. The van der Waals surface area contributed by atoms with Crippen molar-refractivity contribution in [3.63, 3.8) is 0 Å². The van der Waals surface area contributed by atoms with Gasteiger partial charge in [0.05, 0.1) is 5.69 Å². The Bertz CT molecular complexity index is 364. The Morgan fingerprint density at radius 2 is 2.27 bits per heavy atom. The molecule has 1 aromatic heterocycles. The zero-order valence-corrected chi connectivity index (χ0v) is 10.8. The van der Waals surface area contributed by atoms with E-state index in [1.54, 1.807) is 10.9 Å². The Balaban J connectivity index is 2.47. The third-order valence-electron chi connectivity index (χ3n) is 2.14. The van der Waals surface area contributed by atoms with Crippen molar-refractivity contribution >= 4 is 22.4 Å². The first-order valence-corrected chi connectivity index (χ1v) is 6.81. The SMILES string of the molecule is Cc1nn(C)c(Cl)c1CNCCS(C)=O. The van der Waals surface area contributed by atoms with E-state index in [0.29, 0.717) is 17.5 Å². The average Bonchev–Trinajstić information content (AvgIpc) is 2.37. The maximum atomic E-state index is 10.8. The lowest BCUT2D eigenvalue weighted by molar-refractivity contribution is 0.676. The van der Waals surface area contributed by atoms with E-state index in [1.165, 1.54) is 0 Å². The predicted molar refractivity (Wildman–Crippen MR) is 63.6 cm³/mol. The number of nitrogens with one attached hydrogen (secondary N) is 1. The van der Waals surface area contributed by atoms with Crippen LogP contribution in [0.5, 0.6) is 0 Å². The maximum Gasteiger partial charge on any atom is 0.131 e. The molecule has 1 N–H and O–H groups in total. The summed E-state index contributed by atoms with van der Waals surface area (Å²) in [6, 6.07) is 0. The molecule has 0 saturated carbocycles. The molecule has 0 aliphatic rings. The first-order valence-electron chi connectivity index (χ1n) is 4.71. The van der Waals surface area contributed by atoms with Gasteiger partial charge in [0, 0.05) is 48.5 Å². The van der Waals surface area contributed by atoms with E-state index < -0.39 is 10.8 Å². The van der Waals surface area contributed by atoms with Gasteiger partial charge in [-0.3, -0.25) is 8.89 Å². The molecule has 0 aliphatic heterocycles. The molecule has 6 heteroatoms. The highest BCUT2D eigenvalue weighted by Gasteiger charge is 2.09. The van der Waals surface area contributed by atoms with Crippen molar-refractivity contribution in [2.45, 2.75) is 13.5 Å². The highest BCUT2D eigenvalue weighted by atomic mass is 35.5. The third kappa shape index (κ3) is 3.59. The molecule has 0 fully saturated rings. The molecule has 0 aromatic carbocycles. The van der Waals surface area contributed by atoms with Gasteiger partial charge in [0.15, 0.2) is 0 Å². The minimum Gasteiger partial charge on any atom is -0.312 e. The van der Waals surface area contributed by atoms with E-state index in [2.05, 4.69) is 10.4 Å². The highest BCUT2D eigenvalue weighted by molar-refractivity contribution is 7.84. The molecule has 0 radical (unpaired) electrons. The fourth-order valence-corrected chi connectivity index (χ4v) is 1.98. The Morgan fingerprint density at radius 1 is 1.60 bits per heavy atom. The number of hydrogen-bond acceptors (Lipinski definition) is 3. The van der Waals surface area contributed by atoms with Gasteiger partial charge in [0.2, 0.25) is 0 Å². The van der Waals surface area contributed by atoms with Crippen molar-refractivity contribution in [2.24, 2.45) is 7.05 Å². The molecule has 4 nitrogen and oxygen atoms in total. The van der Waals surface area contributed by atoms with Gasteiger partial charge in [-0.25, -0.2) is 0 Å². The van der Waals surface area contributed by atoms with E-state index in [9.17, 15) is 4.21 Å². The van der Waals surface area contributed by atoms with Crippen LogP contribution in [0.4, 0.5) is 0 Å². The van der Waals surface area contributed by atoms with Crippen LogP contribution in [0.2, 0.25) is 5.15 Å². The average molecular weight is 250 g/mol. The first-order chi connectivity index (χ1) is 7.02. The topological polar surface area (TPSA) is 46.9 Å². The van der Waals surface area contributed by atoms with Gasteiger partial charge < -0.3 is 5.32 Å². The number of aromatic nitrogens is 2. The molecule has 1 heterocycles. The second-order valence-corrected chi connectivity index (χ2v) is 5.35. The van der Waals surface area contributed by atoms with Crippen LogP contribution < -0.4 is 5.32 Å². The van der Waals surface area contributed by atoms with Crippen LogP contribution >= 0.6 is 11.6 Å². The lowest BCUT2D eigenvalue weighted by atomic mass is 10.2. The van der Waals surface area contributed by atoms with Crippen molar-refractivity contribution in [2.75, 3.05) is 18.6 Å². The van der Waals surface area contributed by atoms with Crippen molar-refractivity contribution in [3.8, 4) is 0 Å². The molecule has 0 aliphatic carbocycles. The van der Waals surface area contributed by atoms with E-state index in [0.717, 1.165) is 17.8 Å². The molecule has 0 amide bonds. The molecule has 1 aromatic rings. The lowest BCUT2D eigenvalue weighted by Crippen LogP contribution is -2.20. The Kier molecular flexibility index (Phi) is 4.76. The van der Waals surface area contributed by atoms with Crippen molar-refractivity contribution in [1.82, 2.24) is 15.1 Å². The third-order valence-corrected chi connectivity index (χ3v) is 3.39. The Hall–Kier alpha value is -0.390. The van der Waals surface area contributed by atoms with Crippen molar-refractivity contribution in [3.05, 3.63) is 16.4 Å². The number of halogens is 1. The highest BCUT2D eigenvalue weighted by Crippen LogP contribution is 2.17. The van der Waals surface area contributed by atoms with Crippen LogP contribution in [0.25, 0.3) is 0 Å². The molecular formula is C9H16ClN3OS. The molecule has 15 heavy (non-hydrogen) atoms. The standard InChI is InChI=1S/C9H16ClN3OS/c1-7-8(9(10)13(2)12-7)6-11-4-5-15(3)14/h11H,4-6H2,1-3H3. The van der Waals surface area contributed by atoms with Crippen molar-refractivity contribution in [1.29, 1.82) is 0 Å². The predicted octanol–water partition coefficient (Wildman–Crippen LogP) is 0.850. The summed E-state index contributed by atoms with van der Waals surface area (Å²) >= 11 is 6.06. The molecule has 0 bridgehead atoms. The van der Waals surface area contributed by atoms with E-state index in [4.69, 9.17) is 11.6 Å². The van der Waals surface area contributed by atoms with Crippen LogP contribution in [0, 0.1) is 6.92 Å². The molecule has 1 unspecified atom stereocenters. The van der Waals surface area contributed by atoms with Gasteiger partial charge in [-0.1, -0.05) is 11.6 Å². The van der Waals surface area contributed by atoms with Gasteiger partial charge in [0.1, 0.15) is 5.15 Å². The van der Waals surface area contributed by atoms with Gasteiger partial charge >= 0.3 is 0 Å². The van der Waals surface area contributed by atoms with E-state index in [1.807, 2.05) is 14.0 Å². The molecule has 1 rings (SSSR count). The van der Waals surface area contributed by atoms with Crippen LogP contribution in [0.3, 0.4) is 0 Å². The number of aryl methyl sites for hydroxylation is 2. The van der Waals surface area contributed by atoms with Gasteiger partial charge in [-0.05, 0) is 6.92 Å². The summed E-state index contributed by atoms with van der Waals surface area (Å²) in [7, 11) is 1.07. The van der Waals surface area contributed by atoms with Crippen LogP contribution in [-0.2, 0) is 24.4 Å². The summed E-state index contributed by atoms with van der Waals surface area (Å²) in [5.74, 6) is 0.664. The minimum absolute atomic E-state index is 0.664. The first kappa shape index (κ1) is 12.7. The number of rotatable bonds is 5. The monoisotopic (exact) mass is 249 g/mol. The summed E-state index contributed by atoms with van der Waals surface area (Å²) in [5.41, 5.74) is 1.95. The van der Waals surface area contributed by atoms with E-state index >= 15 is 0 Å². The largest absolute Gasteiger partial charge is 0.312 e. The van der Waals surface area contributed by atoms with Gasteiger partial charge in [0.25, 0.3) is 0 Å². The molecule has 86 valence electrons. The van der Waals surface area contributed by atoms with Crippen molar-refractivity contribution < 1.29 is 4.21 Å². The van der Waals surface area contributed by atoms with Crippen LogP contribution in [-0.4, -0.2) is 32.5 Å². The van der Waals surface area contributed by atoms with Crippen LogP contribution in [0.15, 0.2) is 0 Å². The molecule has 1 atom stereocenters. The zero-order chi connectivity index (χ0) is 11.4. The Labute approximate surface area is 97.5 Å². The van der Waals surface area contributed by atoms with Gasteiger partial charge in [-0.2, -0.15) is 5.10 Å². The van der Waals surface area contributed by atoms with E-state index in [-0.39, 0.29) is 0 Å². The minimum atomic E-state index is -0.745. The maximum absolute atomic E-state index is 10.8. The van der Waals surface area contributed by atoms with Gasteiger partial charge in [-0.15, -0.1) is 0 Å². The van der Waals surface area contributed by atoms with Crippen LogP contribution in [0.1, 0.15) is 11.3 Å². The second kappa shape index (κ2) is 5.63. The number of hydrogen-bond donors (Lipinski definition) is 1. The summed E-state index contributed by atoms with van der Waals surface area (Å²) in [5, 5.41) is 8.07. The number of nitrogens with zero attached hydrogens (tertiary/aromatic N) is 2. The summed E-state index contributed by atoms with van der Waals surface area (Å²) in [6.07, 6.45) is 1.70. The lowest BCUT2D eigenvalue weighted by Gasteiger charge is -2.03. The zero-order valence-electron chi connectivity index (χ0n) is 9.21. The molecular weight excluding hydrogens is 234 g/mol. The summed E-state index contributed by atoms with van der Waals surface area (Å²) < 4.78 is 12.5. The smallest absolute Gasteiger partial charge is 0.131 e.